The number of carbonyl (C=O) groups is 1. The molecule has 1 N–H and O–H groups in total. The molecule has 0 spiro atoms. The lowest BCUT2D eigenvalue weighted by atomic mass is 10.2. The van der Waals surface area contributed by atoms with Gasteiger partial charge in [0.1, 0.15) is 0 Å². The Kier molecular flexibility index (Phi) is 5.83. The summed E-state index contributed by atoms with van der Waals surface area (Å²) in [6.07, 6.45) is 0. The summed E-state index contributed by atoms with van der Waals surface area (Å²) in [7, 11) is 0. The average Bonchev–Trinajstić information content (AvgIpc) is 2.57. The number of anilines is 1. The minimum Gasteiger partial charge on any atom is -0.298 e. The van der Waals surface area contributed by atoms with Crippen molar-refractivity contribution in [1.82, 2.24) is 5.32 Å². The van der Waals surface area contributed by atoms with Crippen LogP contribution in [0.4, 0.5) is 5.69 Å². The van der Waals surface area contributed by atoms with Crippen LogP contribution in [0, 0.1) is 12.8 Å². The number of amides is 1. The van der Waals surface area contributed by atoms with Gasteiger partial charge >= 0.3 is 0 Å². The number of hydrogen-bond acceptors (Lipinski definition) is 2. The van der Waals surface area contributed by atoms with E-state index in [1.54, 1.807) is 4.90 Å². The van der Waals surface area contributed by atoms with Crippen molar-refractivity contribution in [1.29, 1.82) is 0 Å². The Bertz CT molecular complexity index is 423. The summed E-state index contributed by atoms with van der Waals surface area (Å²) in [4.78, 5) is 13.5. The molecule has 19 heavy (non-hydrogen) atoms. The van der Waals surface area contributed by atoms with Crippen LogP contribution < -0.4 is 10.2 Å². The van der Waals surface area contributed by atoms with Gasteiger partial charge in [0.2, 0.25) is 5.91 Å². The van der Waals surface area contributed by atoms with Gasteiger partial charge in [0, 0.05) is 10.7 Å². The maximum atomic E-state index is 11.7. The SMILES string of the molecule is CC(C)C.Cc1cc(Cl)cc(N2CN[C@H](C)C2=O)c1. The second-order valence-corrected chi connectivity index (χ2v) is 6.01. The molecule has 1 amide bonds. The van der Waals surface area contributed by atoms with Crippen LogP contribution in [0.5, 0.6) is 0 Å². The number of nitrogens with one attached hydrogen (secondary N) is 1. The molecule has 0 unspecified atom stereocenters. The molecule has 106 valence electrons. The van der Waals surface area contributed by atoms with Gasteiger partial charge in [0.05, 0.1) is 12.7 Å². The molecule has 1 aliphatic heterocycles. The van der Waals surface area contributed by atoms with E-state index in [-0.39, 0.29) is 11.9 Å². The first-order valence-corrected chi connectivity index (χ1v) is 7.01. The minimum absolute atomic E-state index is 0.0941. The third-order valence-corrected chi connectivity index (χ3v) is 2.75. The molecule has 0 aliphatic carbocycles. The van der Waals surface area contributed by atoms with Gasteiger partial charge in [-0.2, -0.15) is 0 Å². The first-order chi connectivity index (χ1) is 8.81. The average molecular weight is 283 g/mol. The molecular formula is C15H23ClN2O. The van der Waals surface area contributed by atoms with Gasteiger partial charge in [-0.3, -0.25) is 15.0 Å². The molecule has 3 nitrogen and oxygen atoms in total. The highest BCUT2D eigenvalue weighted by Gasteiger charge is 2.28. The van der Waals surface area contributed by atoms with E-state index in [4.69, 9.17) is 11.6 Å². The number of aryl methyl sites for hydroxylation is 1. The molecule has 1 aliphatic rings. The van der Waals surface area contributed by atoms with Crippen molar-refractivity contribution >= 4 is 23.2 Å². The monoisotopic (exact) mass is 282 g/mol. The normalized spacial score (nSPS) is 18.6. The third-order valence-electron chi connectivity index (χ3n) is 2.53. The third kappa shape index (κ3) is 4.84. The number of carbonyl (C=O) groups excluding carboxylic acids is 1. The van der Waals surface area contributed by atoms with E-state index in [0.29, 0.717) is 11.7 Å². The quantitative estimate of drug-likeness (QED) is 0.854. The summed E-state index contributed by atoms with van der Waals surface area (Å²) in [5.41, 5.74) is 1.92. The predicted octanol–water partition coefficient (Wildman–Crippen LogP) is 3.59. The number of benzene rings is 1. The largest absolute Gasteiger partial charge is 0.298 e. The van der Waals surface area contributed by atoms with Gasteiger partial charge in [-0.1, -0.05) is 32.4 Å². The second kappa shape index (κ2) is 6.92. The lowest BCUT2D eigenvalue weighted by Gasteiger charge is -2.16. The van der Waals surface area contributed by atoms with Crippen molar-refractivity contribution in [2.75, 3.05) is 11.6 Å². The van der Waals surface area contributed by atoms with Crippen LogP contribution in [0.1, 0.15) is 33.3 Å². The summed E-state index contributed by atoms with van der Waals surface area (Å²) < 4.78 is 0. The second-order valence-electron chi connectivity index (χ2n) is 5.57. The highest BCUT2D eigenvalue weighted by atomic mass is 35.5. The highest BCUT2D eigenvalue weighted by Crippen LogP contribution is 2.24. The van der Waals surface area contributed by atoms with Crippen LogP contribution in [0.2, 0.25) is 5.02 Å². The fourth-order valence-electron chi connectivity index (χ4n) is 1.72. The van der Waals surface area contributed by atoms with Gasteiger partial charge in [-0.25, -0.2) is 0 Å². The van der Waals surface area contributed by atoms with Gasteiger partial charge in [0.25, 0.3) is 0 Å². The predicted molar refractivity (Wildman–Crippen MR) is 81.7 cm³/mol. The van der Waals surface area contributed by atoms with E-state index < -0.39 is 0 Å². The molecule has 0 radical (unpaired) electrons. The zero-order valence-electron chi connectivity index (χ0n) is 12.3. The van der Waals surface area contributed by atoms with Gasteiger partial charge in [-0.15, -0.1) is 0 Å². The summed E-state index contributed by atoms with van der Waals surface area (Å²) in [6.45, 7) is 10.9. The van der Waals surface area contributed by atoms with Crippen molar-refractivity contribution in [2.45, 2.75) is 40.7 Å². The molecule has 4 heteroatoms. The van der Waals surface area contributed by atoms with Crippen LogP contribution in [-0.4, -0.2) is 18.6 Å². The maximum Gasteiger partial charge on any atom is 0.244 e. The van der Waals surface area contributed by atoms with Crippen LogP contribution >= 0.6 is 11.6 Å². The zero-order valence-corrected chi connectivity index (χ0v) is 13.1. The molecule has 1 heterocycles. The molecule has 0 aromatic heterocycles. The topological polar surface area (TPSA) is 32.3 Å². The van der Waals surface area contributed by atoms with E-state index in [9.17, 15) is 4.79 Å². The van der Waals surface area contributed by atoms with Crippen molar-refractivity contribution in [3.63, 3.8) is 0 Å². The lowest BCUT2D eigenvalue weighted by Crippen LogP contribution is -2.28. The number of nitrogens with zero attached hydrogens (tertiary/aromatic N) is 1. The van der Waals surface area contributed by atoms with E-state index in [1.807, 2.05) is 32.0 Å². The van der Waals surface area contributed by atoms with Crippen LogP contribution in [0.3, 0.4) is 0 Å². The molecule has 0 bridgehead atoms. The van der Waals surface area contributed by atoms with Gasteiger partial charge < -0.3 is 0 Å². The van der Waals surface area contributed by atoms with E-state index in [2.05, 4.69) is 26.1 Å². The summed E-state index contributed by atoms with van der Waals surface area (Å²) in [5.74, 6) is 0.927. The van der Waals surface area contributed by atoms with Gasteiger partial charge in [-0.05, 0) is 43.5 Å². The van der Waals surface area contributed by atoms with E-state index in [0.717, 1.165) is 17.2 Å². The summed E-state index contributed by atoms with van der Waals surface area (Å²) in [6, 6.07) is 5.54. The molecule has 1 atom stereocenters. The molecule has 1 aromatic rings. The van der Waals surface area contributed by atoms with E-state index >= 15 is 0 Å². The van der Waals surface area contributed by atoms with E-state index in [1.165, 1.54) is 0 Å². The number of rotatable bonds is 1. The Labute approximate surface area is 120 Å². The minimum atomic E-state index is -0.107. The zero-order chi connectivity index (χ0) is 14.6. The first-order valence-electron chi connectivity index (χ1n) is 6.63. The number of halogens is 1. The van der Waals surface area contributed by atoms with Crippen molar-refractivity contribution in [2.24, 2.45) is 5.92 Å². The van der Waals surface area contributed by atoms with Gasteiger partial charge in [0.15, 0.2) is 0 Å². The first kappa shape index (κ1) is 16.0. The Morgan fingerprint density at radius 1 is 1.32 bits per heavy atom. The van der Waals surface area contributed by atoms with Crippen LogP contribution in [0.15, 0.2) is 18.2 Å². The lowest BCUT2D eigenvalue weighted by molar-refractivity contribution is -0.118. The number of hydrogen-bond donors (Lipinski definition) is 1. The molecule has 2 rings (SSSR count). The smallest absolute Gasteiger partial charge is 0.244 e. The molecule has 1 fully saturated rings. The highest BCUT2D eigenvalue weighted by molar-refractivity contribution is 6.31. The van der Waals surface area contributed by atoms with Crippen molar-refractivity contribution in [3.8, 4) is 0 Å². The standard InChI is InChI=1S/C11H13ClN2O.C4H10/c1-7-3-9(12)5-10(4-7)14-6-13-8(2)11(14)15;1-4(2)3/h3-5,8,13H,6H2,1-2H3;4H,1-3H3/t8-;/m1./s1. The Hall–Kier alpha value is -1.06. The van der Waals surface area contributed by atoms with Crippen LogP contribution in [-0.2, 0) is 4.79 Å². The molecule has 1 saturated heterocycles. The Morgan fingerprint density at radius 2 is 1.89 bits per heavy atom. The fraction of sp³-hybridized carbons (Fsp3) is 0.533. The van der Waals surface area contributed by atoms with Crippen molar-refractivity contribution in [3.05, 3.63) is 28.8 Å². The fourth-order valence-corrected chi connectivity index (χ4v) is 2.00. The van der Waals surface area contributed by atoms with Crippen molar-refractivity contribution < 1.29 is 4.79 Å². The Morgan fingerprint density at radius 3 is 2.32 bits per heavy atom. The Balaban J connectivity index is 0.000000399. The maximum absolute atomic E-state index is 11.7. The van der Waals surface area contributed by atoms with Crippen LogP contribution in [0.25, 0.3) is 0 Å². The molecule has 1 aromatic carbocycles. The molecular weight excluding hydrogens is 260 g/mol. The summed E-state index contributed by atoms with van der Waals surface area (Å²) >= 11 is 5.95. The molecule has 0 saturated carbocycles. The summed E-state index contributed by atoms with van der Waals surface area (Å²) in [5, 5.41) is 3.75.